The SMILES string of the molecule is CCOC1CC(Nc2nc(NN)nc(N(C)C)n2)C1(C)C. The molecule has 118 valence electrons. The molecule has 1 fully saturated rings. The van der Waals surface area contributed by atoms with E-state index in [0.29, 0.717) is 17.8 Å². The molecule has 0 spiro atoms. The van der Waals surface area contributed by atoms with Crippen LogP contribution in [0.3, 0.4) is 0 Å². The van der Waals surface area contributed by atoms with Gasteiger partial charge >= 0.3 is 0 Å². The third-order valence-electron chi connectivity index (χ3n) is 4.00. The van der Waals surface area contributed by atoms with Crippen molar-refractivity contribution in [1.29, 1.82) is 0 Å². The van der Waals surface area contributed by atoms with Gasteiger partial charge in [-0.2, -0.15) is 15.0 Å². The van der Waals surface area contributed by atoms with Gasteiger partial charge in [0.25, 0.3) is 0 Å². The smallest absolute Gasteiger partial charge is 0.243 e. The van der Waals surface area contributed by atoms with E-state index in [2.05, 4.69) is 39.5 Å². The van der Waals surface area contributed by atoms with Crippen LogP contribution in [0.25, 0.3) is 0 Å². The van der Waals surface area contributed by atoms with E-state index in [1.807, 2.05) is 25.9 Å². The molecule has 1 aliphatic carbocycles. The number of anilines is 3. The first-order chi connectivity index (χ1) is 9.88. The Morgan fingerprint density at radius 2 is 1.95 bits per heavy atom. The molecule has 0 bridgehead atoms. The highest BCUT2D eigenvalue weighted by Crippen LogP contribution is 2.44. The van der Waals surface area contributed by atoms with E-state index in [9.17, 15) is 0 Å². The fourth-order valence-corrected chi connectivity index (χ4v) is 2.46. The van der Waals surface area contributed by atoms with Crippen LogP contribution >= 0.6 is 0 Å². The number of hydrogen-bond donors (Lipinski definition) is 3. The maximum absolute atomic E-state index is 5.73. The summed E-state index contributed by atoms with van der Waals surface area (Å²) in [6, 6.07) is 0.261. The number of aromatic nitrogens is 3. The van der Waals surface area contributed by atoms with Crippen LogP contribution in [0.4, 0.5) is 17.8 Å². The van der Waals surface area contributed by atoms with Gasteiger partial charge in [-0.15, -0.1) is 0 Å². The molecule has 0 amide bonds. The van der Waals surface area contributed by atoms with E-state index in [-0.39, 0.29) is 17.6 Å². The van der Waals surface area contributed by atoms with Crippen LogP contribution in [0.1, 0.15) is 27.2 Å². The number of nitrogens with one attached hydrogen (secondary N) is 2. The molecule has 2 unspecified atom stereocenters. The summed E-state index contributed by atoms with van der Waals surface area (Å²) in [6.07, 6.45) is 1.21. The van der Waals surface area contributed by atoms with Gasteiger partial charge < -0.3 is 15.0 Å². The Balaban J connectivity index is 2.12. The Labute approximate surface area is 125 Å². The van der Waals surface area contributed by atoms with Gasteiger partial charge in [-0.3, -0.25) is 5.43 Å². The van der Waals surface area contributed by atoms with Crippen LogP contribution in [0.2, 0.25) is 0 Å². The Kier molecular flexibility index (Phi) is 4.48. The van der Waals surface area contributed by atoms with Crippen LogP contribution in [0.15, 0.2) is 0 Å². The van der Waals surface area contributed by atoms with E-state index >= 15 is 0 Å². The molecular weight excluding hydrogens is 270 g/mol. The first-order valence-corrected chi connectivity index (χ1v) is 7.16. The quantitative estimate of drug-likeness (QED) is 0.524. The minimum atomic E-state index is 0.0389. The van der Waals surface area contributed by atoms with Crippen molar-refractivity contribution < 1.29 is 4.74 Å². The van der Waals surface area contributed by atoms with Gasteiger partial charge in [0, 0.05) is 32.2 Å². The average molecular weight is 295 g/mol. The Bertz CT molecular complexity index is 491. The van der Waals surface area contributed by atoms with E-state index in [0.717, 1.165) is 13.0 Å². The first kappa shape index (κ1) is 15.7. The van der Waals surface area contributed by atoms with Gasteiger partial charge in [0.15, 0.2) is 0 Å². The number of hydrogen-bond acceptors (Lipinski definition) is 8. The second-order valence-electron chi connectivity index (χ2n) is 6.02. The molecule has 1 aromatic rings. The molecule has 21 heavy (non-hydrogen) atoms. The number of ether oxygens (including phenoxy) is 1. The number of nitrogens with zero attached hydrogens (tertiary/aromatic N) is 4. The monoisotopic (exact) mass is 295 g/mol. The lowest BCUT2D eigenvalue weighted by Crippen LogP contribution is -2.58. The summed E-state index contributed by atoms with van der Waals surface area (Å²) in [5.41, 5.74) is 2.51. The summed E-state index contributed by atoms with van der Waals surface area (Å²) in [6.45, 7) is 7.12. The van der Waals surface area contributed by atoms with Gasteiger partial charge in [-0.05, 0) is 13.3 Å². The van der Waals surface area contributed by atoms with E-state index in [1.54, 1.807) is 0 Å². The maximum atomic E-state index is 5.73. The van der Waals surface area contributed by atoms with E-state index in [1.165, 1.54) is 0 Å². The standard InChI is InChI=1S/C13H25N7O/c1-6-21-9-7-8(13(9,2)3)15-10-16-11(19-14)18-12(17-10)20(4)5/h8-9H,6-7,14H2,1-5H3,(H2,15,16,17,18,19). The molecular formula is C13H25N7O. The van der Waals surface area contributed by atoms with Gasteiger partial charge in [-0.1, -0.05) is 13.8 Å². The lowest BCUT2D eigenvalue weighted by molar-refractivity contribution is -0.0977. The van der Waals surface area contributed by atoms with Crippen molar-refractivity contribution in [2.45, 2.75) is 39.3 Å². The highest BCUT2D eigenvalue weighted by molar-refractivity contribution is 5.43. The summed E-state index contributed by atoms with van der Waals surface area (Å²) in [7, 11) is 3.75. The summed E-state index contributed by atoms with van der Waals surface area (Å²) in [5, 5.41) is 3.36. The highest BCUT2D eigenvalue weighted by atomic mass is 16.5. The van der Waals surface area contributed by atoms with Crippen LogP contribution in [0, 0.1) is 5.41 Å². The molecule has 1 saturated carbocycles. The van der Waals surface area contributed by atoms with Crippen LogP contribution < -0.4 is 21.5 Å². The molecule has 1 heterocycles. The summed E-state index contributed by atoms with van der Waals surface area (Å²) >= 11 is 0. The number of nitrogens with two attached hydrogens (primary N) is 1. The molecule has 1 aliphatic rings. The summed E-state index contributed by atoms with van der Waals surface area (Å²) in [4.78, 5) is 14.6. The molecule has 4 N–H and O–H groups in total. The van der Waals surface area contributed by atoms with Crippen LogP contribution in [-0.2, 0) is 4.74 Å². The molecule has 8 nitrogen and oxygen atoms in total. The normalized spacial score (nSPS) is 23.3. The lowest BCUT2D eigenvalue weighted by atomic mass is 9.64. The lowest BCUT2D eigenvalue weighted by Gasteiger charge is -2.51. The number of rotatable bonds is 6. The van der Waals surface area contributed by atoms with Crippen molar-refractivity contribution in [3.05, 3.63) is 0 Å². The fourth-order valence-electron chi connectivity index (χ4n) is 2.46. The van der Waals surface area contributed by atoms with Crippen molar-refractivity contribution in [1.82, 2.24) is 15.0 Å². The highest BCUT2D eigenvalue weighted by Gasteiger charge is 2.49. The molecule has 2 rings (SSSR count). The molecule has 0 aromatic carbocycles. The Hall–Kier alpha value is -1.67. The van der Waals surface area contributed by atoms with E-state index < -0.39 is 0 Å². The second-order valence-corrected chi connectivity index (χ2v) is 6.02. The topological polar surface area (TPSA) is 101 Å². The predicted molar refractivity (Wildman–Crippen MR) is 83.2 cm³/mol. The largest absolute Gasteiger partial charge is 0.378 e. The van der Waals surface area contributed by atoms with Crippen LogP contribution in [0.5, 0.6) is 0 Å². The Morgan fingerprint density at radius 1 is 1.29 bits per heavy atom. The number of nitrogen functional groups attached to an aromatic ring is 1. The zero-order valence-electron chi connectivity index (χ0n) is 13.3. The zero-order valence-corrected chi connectivity index (χ0v) is 13.3. The molecule has 0 saturated heterocycles. The maximum Gasteiger partial charge on any atom is 0.243 e. The van der Waals surface area contributed by atoms with Crippen molar-refractivity contribution in [3.63, 3.8) is 0 Å². The predicted octanol–water partition coefficient (Wildman–Crippen LogP) is 0.839. The van der Waals surface area contributed by atoms with Gasteiger partial charge in [-0.25, -0.2) is 5.84 Å². The minimum Gasteiger partial charge on any atom is -0.378 e. The first-order valence-electron chi connectivity index (χ1n) is 7.16. The van der Waals surface area contributed by atoms with E-state index in [4.69, 9.17) is 10.6 Å². The minimum absolute atomic E-state index is 0.0389. The third-order valence-corrected chi connectivity index (χ3v) is 4.00. The van der Waals surface area contributed by atoms with Gasteiger partial charge in [0.1, 0.15) is 0 Å². The zero-order chi connectivity index (χ0) is 15.6. The molecule has 0 aliphatic heterocycles. The fraction of sp³-hybridized carbons (Fsp3) is 0.769. The molecule has 0 radical (unpaired) electrons. The second kappa shape index (κ2) is 5.98. The molecule has 1 aromatic heterocycles. The summed E-state index contributed by atoms with van der Waals surface area (Å²) in [5.74, 6) is 6.83. The van der Waals surface area contributed by atoms with Crippen molar-refractivity contribution in [2.24, 2.45) is 11.3 Å². The molecule has 8 heteroatoms. The molecule has 2 atom stereocenters. The van der Waals surface area contributed by atoms with Crippen molar-refractivity contribution in [2.75, 3.05) is 36.3 Å². The van der Waals surface area contributed by atoms with Crippen molar-refractivity contribution >= 4 is 17.8 Å². The van der Waals surface area contributed by atoms with Crippen LogP contribution in [-0.4, -0.2) is 47.8 Å². The third kappa shape index (κ3) is 3.16. The average Bonchev–Trinajstić information content (AvgIpc) is 2.45. The number of hydrazine groups is 1. The summed E-state index contributed by atoms with van der Waals surface area (Å²) < 4.78 is 5.73. The Morgan fingerprint density at radius 3 is 2.48 bits per heavy atom. The van der Waals surface area contributed by atoms with Gasteiger partial charge in [0.2, 0.25) is 17.8 Å². The van der Waals surface area contributed by atoms with Crippen molar-refractivity contribution in [3.8, 4) is 0 Å². The van der Waals surface area contributed by atoms with Gasteiger partial charge in [0.05, 0.1) is 6.10 Å².